The molecule has 2 aliphatic heterocycles. The third-order valence-electron chi connectivity index (χ3n) is 9.46. The lowest BCUT2D eigenvalue weighted by Gasteiger charge is -2.33. The first-order chi connectivity index (χ1) is 22.9. The summed E-state index contributed by atoms with van der Waals surface area (Å²) in [5.41, 5.74) is 0.856. The van der Waals surface area contributed by atoms with E-state index >= 15 is 0 Å². The van der Waals surface area contributed by atoms with E-state index < -0.39 is 52.5 Å². The summed E-state index contributed by atoms with van der Waals surface area (Å²) in [7, 11) is -4.13. The Labute approximate surface area is 282 Å². The molecule has 15 heteroatoms. The molecule has 4 aliphatic rings. The van der Waals surface area contributed by atoms with Crippen molar-refractivity contribution >= 4 is 42.8 Å². The van der Waals surface area contributed by atoms with Gasteiger partial charge in [0.05, 0.1) is 40.0 Å². The highest BCUT2D eigenvalue weighted by atomic mass is 32.2. The molecular weight excluding hydrogens is 667 g/mol. The van der Waals surface area contributed by atoms with Gasteiger partial charge in [-0.25, -0.2) is 27.0 Å². The number of carbonyl (C=O) groups is 1. The van der Waals surface area contributed by atoms with Crippen LogP contribution in [0.15, 0.2) is 41.3 Å². The molecule has 2 aliphatic carbocycles. The Morgan fingerprint density at radius 3 is 2.65 bits per heavy atom. The summed E-state index contributed by atoms with van der Waals surface area (Å²) >= 11 is 1.38. The molecule has 3 aromatic rings. The molecule has 48 heavy (non-hydrogen) atoms. The van der Waals surface area contributed by atoms with E-state index in [-0.39, 0.29) is 53.6 Å². The van der Waals surface area contributed by atoms with Crippen LogP contribution in [-0.4, -0.2) is 85.3 Å². The first-order valence-corrected chi connectivity index (χ1v) is 18.7. The van der Waals surface area contributed by atoms with E-state index in [9.17, 15) is 27.1 Å². The summed E-state index contributed by atoms with van der Waals surface area (Å²) in [6.07, 6.45) is -0.171. The van der Waals surface area contributed by atoms with Crippen molar-refractivity contribution in [2.24, 2.45) is 17.8 Å². The van der Waals surface area contributed by atoms with Crippen LogP contribution in [0.25, 0.3) is 10.2 Å². The molecule has 3 unspecified atom stereocenters. The van der Waals surface area contributed by atoms with Gasteiger partial charge >= 0.3 is 6.09 Å². The van der Waals surface area contributed by atoms with Crippen LogP contribution in [0.5, 0.6) is 0 Å². The lowest BCUT2D eigenvalue weighted by atomic mass is 9.80. The first kappa shape index (κ1) is 33.5. The van der Waals surface area contributed by atoms with Gasteiger partial charge in [-0.05, 0) is 79.8 Å². The third kappa shape index (κ3) is 7.31. The largest absolute Gasteiger partial charge is 0.443 e. The van der Waals surface area contributed by atoms with Gasteiger partial charge in [-0.3, -0.25) is 0 Å². The maximum Gasteiger partial charge on any atom is 0.407 e. The van der Waals surface area contributed by atoms with Crippen LogP contribution < -0.4 is 10.6 Å². The zero-order valence-corrected chi connectivity index (χ0v) is 28.3. The molecule has 2 bridgehead atoms. The first-order valence-electron chi connectivity index (χ1n) is 16.5. The number of amides is 1. The monoisotopic (exact) mass is 706 g/mol. The Kier molecular flexibility index (Phi) is 9.36. The second kappa shape index (κ2) is 13.4. The number of anilines is 1. The highest BCUT2D eigenvalue weighted by Crippen LogP contribution is 2.47. The number of ether oxygens (including phenoxy) is 3. The van der Waals surface area contributed by atoms with Crippen LogP contribution in [0, 0.1) is 29.4 Å². The van der Waals surface area contributed by atoms with Crippen molar-refractivity contribution in [1.29, 1.82) is 0 Å². The number of thiazole rings is 1. The van der Waals surface area contributed by atoms with E-state index in [4.69, 9.17) is 14.2 Å². The quantitative estimate of drug-likeness (QED) is 0.232. The van der Waals surface area contributed by atoms with Gasteiger partial charge in [0.2, 0.25) is 10.0 Å². The molecule has 7 rings (SSSR count). The number of fused-ring (bicyclic) bond motifs is 2. The molecule has 7 atom stereocenters. The number of carbonyl (C=O) groups excluding carboxylic acids is 1. The van der Waals surface area contributed by atoms with Crippen molar-refractivity contribution in [2.45, 2.75) is 87.5 Å². The maximum absolute atomic E-state index is 14.2. The minimum absolute atomic E-state index is 0.0473. The molecule has 11 nitrogen and oxygen atoms in total. The molecule has 0 radical (unpaired) electrons. The third-order valence-corrected chi connectivity index (χ3v) is 12.2. The lowest BCUT2D eigenvalue weighted by Crippen LogP contribution is -2.52. The minimum atomic E-state index is -4.13. The lowest BCUT2D eigenvalue weighted by molar-refractivity contribution is -0.147. The Morgan fingerprint density at radius 2 is 1.92 bits per heavy atom. The number of nitrogens with one attached hydrogen (secondary N) is 2. The second-order valence-electron chi connectivity index (χ2n) is 13.8. The zero-order valence-electron chi connectivity index (χ0n) is 26.7. The number of aliphatic hydroxyl groups is 1. The van der Waals surface area contributed by atoms with Gasteiger partial charge in [-0.1, -0.05) is 25.2 Å². The molecule has 2 saturated carbocycles. The molecule has 1 aromatic heterocycles. The normalized spacial score (nSPS) is 26.3. The fourth-order valence-electron chi connectivity index (χ4n) is 6.97. The van der Waals surface area contributed by atoms with Crippen molar-refractivity contribution in [3.63, 3.8) is 0 Å². The molecule has 3 heterocycles. The molecule has 2 aromatic carbocycles. The summed E-state index contributed by atoms with van der Waals surface area (Å²) in [5.74, 6) is -1.24. The summed E-state index contributed by atoms with van der Waals surface area (Å²) in [5, 5.41) is 18.3. The average molecular weight is 707 g/mol. The van der Waals surface area contributed by atoms with E-state index in [0.717, 1.165) is 42.6 Å². The van der Waals surface area contributed by atoms with Gasteiger partial charge in [-0.2, -0.15) is 4.31 Å². The van der Waals surface area contributed by atoms with Crippen LogP contribution in [0.4, 0.5) is 18.7 Å². The zero-order chi connectivity index (χ0) is 33.7. The SMILES string of the molecule is CC(C)CN(C[C@@H](O)[C@H](Cc1cc(F)cc(F)c1)NC(=O)OC1C[C@H]2CO[C@@H]3OC1CC23)S(=O)(=O)c1ccc2nc(NC3CC3)sc2c1. The molecule has 2 saturated heterocycles. The number of halogens is 2. The Hall–Kier alpha value is -2.95. The number of aromatic nitrogens is 1. The van der Waals surface area contributed by atoms with E-state index in [2.05, 4.69) is 15.6 Å². The van der Waals surface area contributed by atoms with E-state index in [1.165, 1.54) is 21.7 Å². The van der Waals surface area contributed by atoms with Crippen molar-refractivity contribution < 1.29 is 41.3 Å². The number of hydrogen-bond donors (Lipinski definition) is 3. The topological polar surface area (TPSA) is 139 Å². The van der Waals surface area contributed by atoms with E-state index in [1.54, 1.807) is 12.1 Å². The summed E-state index contributed by atoms with van der Waals surface area (Å²) in [6.45, 7) is 3.93. The van der Waals surface area contributed by atoms with Gasteiger partial charge in [0.1, 0.15) is 17.7 Å². The van der Waals surface area contributed by atoms with Crippen molar-refractivity contribution in [2.75, 3.05) is 25.0 Å². The van der Waals surface area contributed by atoms with E-state index in [0.29, 0.717) is 29.3 Å². The molecule has 1 amide bonds. The number of benzene rings is 2. The van der Waals surface area contributed by atoms with E-state index in [1.807, 2.05) is 13.8 Å². The molecule has 3 N–H and O–H groups in total. The fraction of sp³-hybridized carbons (Fsp3) is 0.576. The predicted molar refractivity (Wildman–Crippen MR) is 174 cm³/mol. The summed E-state index contributed by atoms with van der Waals surface area (Å²) in [6, 6.07) is 6.95. The number of sulfonamides is 1. The molecule has 260 valence electrons. The van der Waals surface area contributed by atoms with Crippen LogP contribution in [0.2, 0.25) is 0 Å². The average Bonchev–Trinajstić information content (AvgIpc) is 3.42. The number of nitrogens with zero attached hydrogens (tertiary/aromatic N) is 2. The van der Waals surface area contributed by atoms with Gasteiger partial charge in [0, 0.05) is 31.1 Å². The van der Waals surface area contributed by atoms with Crippen LogP contribution in [0.3, 0.4) is 0 Å². The Bertz CT molecular complexity index is 1750. The Morgan fingerprint density at radius 1 is 1.15 bits per heavy atom. The summed E-state index contributed by atoms with van der Waals surface area (Å²) < 4.78 is 75.8. The maximum atomic E-state index is 14.2. The van der Waals surface area contributed by atoms with Gasteiger partial charge in [-0.15, -0.1) is 0 Å². The second-order valence-corrected chi connectivity index (χ2v) is 16.8. The fourth-order valence-corrected chi connectivity index (χ4v) is 9.67. The highest BCUT2D eigenvalue weighted by molar-refractivity contribution is 7.89. The predicted octanol–water partition coefficient (Wildman–Crippen LogP) is 4.64. The van der Waals surface area contributed by atoms with Crippen molar-refractivity contribution in [3.8, 4) is 0 Å². The van der Waals surface area contributed by atoms with Crippen LogP contribution in [-0.2, 0) is 30.7 Å². The van der Waals surface area contributed by atoms with Gasteiger partial charge in [0.15, 0.2) is 11.4 Å². The number of hydrogen-bond acceptors (Lipinski definition) is 10. The number of alkyl carbamates (subject to hydrolysis) is 1. The molecule has 0 spiro atoms. The highest BCUT2D eigenvalue weighted by Gasteiger charge is 2.54. The van der Waals surface area contributed by atoms with Crippen LogP contribution in [0.1, 0.15) is 45.1 Å². The minimum Gasteiger partial charge on any atom is -0.443 e. The number of rotatable bonds is 13. The molecular formula is C33H40F2N4O7S2. The number of aliphatic hydroxyl groups excluding tert-OH is 1. The standard InChI is InChI=1S/C33H40F2N4O7S2/c1-17(2)14-39(48(42,43)23-5-6-25-30(12-23)47-32(37-25)36-22-3-4-22)15-27(40)26(9-18-7-20(34)11-21(35)8-18)38-33(41)46-28-10-19-16-44-31-24(19)13-29(28)45-31/h5-8,11-12,17,19,22,24,26-29,31,40H,3-4,9-10,13-16H2,1-2H3,(H,36,37)(H,38,41)/t19-,24?,26-,27+,28?,29?,31+/m0/s1. The Balaban J connectivity index is 1.10. The van der Waals surface area contributed by atoms with Gasteiger partial charge in [0.25, 0.3) is 0 Å². The van der Waals surface area contributed by atoms with Crippen molar-refractivity contribution in [1.82, 2.24) is 14.6 Å². The van der Waals surface area contributed by atoms with Crippen molar-refractivity contribution in [3.05, 3.63) is 53.6 Å². The molecule has 4 fully saturated rings. The smallest absolute Gasteiger partial charge is 0.407 e. The summed E-state index contributed by atoms with van der Waals surface area (Å²) in [4.78, 5) is 17.9. The van der Waals surface area contributed by atoms with Crippen LogP contribution >= 0.6 is 11.3 Å². The van der Waals surface area contributed by atoms with Gasteiger partial charge < -0.3 is 30.0 Å².